The van der Waals surface area contributed by atoms with Crippen LogP contribution in [-0.2, 0) is 11.3 Å². The van der Waals surface area contributed by atoms with Crippen molar-refractivity contribution in [3.05, 3.63) is 89.0 Å². The first-order chi connectivity index (χ1) is 14.5. The zero-order valence-electron chi connectivity index (χ0n) is 18.6. The summed E-state index contributed by atoms with van der Waals surface area (Å²) in [7, 11) is 1.43. The lowest BCUT2D eigenvalue weighted by atomic mass is 9.89. The van der Waals surface area contributed by atoms with Gasteiger partial charge in [-0.2, -0.15) is 0 Å². The van der Waals surface area contributed by atoms with Gasteiger partial charge in [-0.15, -0.1) is 0 Å². The minimum Gasteiger partial charge on any atom is -0.508 e. The molecule has 0 saturated heterocycles. The molecular formula is C27H34OP2. The quantitative estimate of drug-likeness (QED) is 0.361. The minimum absolute atomic E-state index is 0.0123. The van der Waals surface area contributed by atoms with Crippen molar-refractivity contribution in [2.75, 3.05) is 0 Å². The number of benzene rings is 3. The summed E-state index contributed by atoms with van der Waals surface area (Å²) in [5.74, 6) is 0.449. The number of phenolic OH excluding ortho intramolecular Hbond substituents is 1. The molecule has 3 rings (SSSR count). The highest BCUT2D eigenvalue weighted by molar-refractivity contribution is 7.49. The summed E-state index contributed by atoms with van der Waals surface area (Å²) in [5, 5.41) is 13.7. The van der Waals surface area contributed by atoms with Crippen LogP contribution in [0.2, 0.25) is 0 Å². The molecule has 0 aliphatic rings. The van der Waals surface area contributed by atoms with Crippen molar-refractivity contribution in [3.8, 4) is 5.75 Å². The van der Waals surface area contributed by atoms with Gasteiger partial charge in [-0.25, -0.2) is 0 Å². The summed E-state index contributed by atoms with van der Waals surface area (Å²) in [4.78, 5) is 0. The number of rotatable bonds is 9. The predicted molar refractivity (Wildman–Crippen MR) is 137 cm³/mol. The van der Waals surface area contributed by atoms with Gasteiger partial charge in [0.25, 0.3) is 0 Å². The first-order valence-corrected chi connectivity index (χ1v) is 13.2. The van der Waals surface area contributed by atoms with Crippen molar-refractivity contribution >= 4 is 27.8 Å². The summed E-state index contributed by atoms with van der Waals surface area (Å²) in [6.07, 6.45) is 4.32. The maximum absolute atomic E-state index is 10.8. The zero-order chi connectivity index (χ0) is 21.6. The van der Waals surface area contributed by atoms with Crippen molar-refractivity contribution in [2.45, 2.75) is 58.3 Å². The zero-order valence-corrected chi connectivity index (χ0v) is 20.6. The monoisotopic (exact) mass is 436 g/mol. The van der Waals surface area contributed by atoms with E-state index >= 15 is 0 Å². The number of hydrogen-bond donors (Lipinski definition) is 1. The van der Waals surface area contributed by atoms with E-state index in [9.17, 15) is 5.11 Å². The largest absolute Gasteiger partial charge is 0.508 e. The minimum atomic E-state index is -0.0123. The van der Waals surface area contributed by atoms with Crippen LogP contribution in [0.4, 0.5) is 0 Å². The maximum Gasteiger partial charge on any atom is 0.119 e. The lowest BCUT2D eigenvalue weighted by Gasteiger charge is -2.35. The molecule has 3 unspecified atom stereocenters. The highest BCUT2D eigenvalue weighted by Gasteiger charge is 2.33. The van der Waals surface area contributed by atoms with Crippen LogP contribution >= 0.6 is 17.2 Å². The average molecular weight is 437 g/mol. The van der Waals surface area contributed by atoms with Crippen molar-refractivity contribution < 1.29 is 5.11 Å². The molecule has 0 fully saturated rings. The normalized spacial score (nSPS) is 14.0. The Bertz CT molecular complexity index is 968. The second-order valence-electron chi connectivity index (χ2n) is 8.16. The van der Waals surface area contributed by atoms with Crippen LogP contribution in [-0.4, -0.2) is 5.11 Å². The standard InChI is InChI=1S/C27H34OP2/c1-5-17-27(6-2,24-18-20(3)15-16-25(24)28)30-26-21(4)11-10-12-22(26)19-29-23-13-8-7-9-14-23/h7-16,18,28-30H,5-6,17,19H2,1-4H3. The average Bonchev–Trinajstić information content (AvgIpc) is 2.76. The van der Waals surface area contributed by atoms with E-state index in [0.29, 0.717) is 14.3 Å². The molecule has 1 N–H and O–H groups in total. The van der Waals surface area contributed by atoms with Gasteiger partial charge >= 0.3 is 0 Å². The van der Waals surface area contributed by atoms with Crippen LogP contribution in [0, 0.1) is 13.8 Å². The summed E-state index contributed by atoms with van der Waals surface area (Å²) in [6, 6.07) is 23.7. The third-order valence-corrected chi connectivity index (χ3v) is 9.54. The number of aryl methyl sites for hydroxylation is 2. The van der Waals surface area contributed by atoms with Gasteiger partial charge in [-0.1, -0.05) is 104 Å². The molecule has 0 saturated carbocycles. The number of hydrogen-bond acceptors (Lipinski definition) is 1. The molecule has 3 aromatic rings. The van der Waals surface area contributed by atoms with E-state index in [0.717, 1.165) is 39.6 Å². The molecule has 30 heavy (non-hydrogen) atoms. The summed E-state index contributed by atoms with van der Waals surface area (Å²) >= 11 is 0. The molecule has 0 spiro atoms. The number of aromatic hydroxyl groups is 1. The Labute approximate surface area is 185 Å². The second-order valence-corrected chi connectivity index (χ2v) is 11.2. The summed E-state index contributed by atoms with van der Waals surface area (Å²) < 4.78 is 0. The second kappa shape index (κ2) is 10.6. The van der Waals surface area contributed by atoms with Gasteiger partial charge in [0.05, 0.1) is 0 Å². The Morgan fingerprint density at radius 2 is 1.67 bits per heavy atom. The Morgan fingerprint density at radius 3 is 2.37 bits per heavy atom. The molecule has 3 heteroatoms. The van der Waals surface area contributed by atoms with Gasteiger partial charge in [0, 0.05) is 10.7 Å². The lowest BCUT2D eigenvalue weighted by molar-refractivity contribution is 0.442. The fourth-order valence-electron chi connectivity index (χ4n) is 4.23. The Balaban J connectivity index is 1.99. The molecular weight excluding hydrogens is 402 g/mol. The first kappa shape index (κ1) is 23.0. The molecule has 3 aromatic carbocycles. The van der Waals surface area contributed by atoms with Gasteiger partial charge in [0.15, 0.2) is 0 Å². The van der Waals surface area contributed by atoms with E-state index in [-0.39, 0.29) is 5.16 Å². The topological polar surface area (TPSA) is 20.2 Å². The predicted octanol–water partition coefficient (Wildman–Crippen LogP) is 6.92. The molecule has 0 aliphatic carbocycles. The smallest absolute Gasteiger partial charge is 0.119 e. The molecule has 0 aliphatic heterocycles. The third-order valence-electron chi connectivity index (χ3n) is 5.93. The molecule has 0 bridgehead atoms. The van der Waals surface area contributed by atoms with E-state index in [4.69, 9.17) is 0 Å². The molecule has 0 radical (unpaired) electrons. The van der Waals surface area contributed by atoms with E-state index < -0.39 is 0 Å². The Hall–Kier alpha value is -1.68. The Morgan fingerprint density at radius 1 is 0.900 bits per heavy atom. The van der Waals surface area contributed by atoms with Gasteiger partial charge < -0.3 is 5.11 Å². The third kappa shape index (κ3) is 5.32. The number of phenols is 1. The fraction of sp³-hybridized carbons (Fsp3) is 0.333. The van der Waals surface area contributed by atoms with E-state index in [1.807, 2.05) is 12.1 Å². The molecule has 3 atom stereocenters. The van der Waals surface area contributed by atoms with Crippen LogP contribution in [0.5, 0.6) is 5.75 Å². The molecule has 0 aromatic heterocycles. The first-order valence-electron chi connectivity index (χ1n) is 10.9. The summed E-state index contributed by atoms with van der Waals surface area (Å²) in [5.41, 5.74) is 5.20. The fourth-order valence-corrected chi connectivity index (χ4v) is 7.50. The Kier molecular flexibility index (Phi) is 8.10. The van der Waals surface area contributed by atoms with Crippen molar-refractivity contribution in [1.29, 1.82) is 0 Å². The van der Waals surface area contributed by atoms with Crippen LogP contribution in [0.1, 0.15) is 55.4 Å². The molecule has 1 nitrogen and oxygen atoms in total. The maximum atomic E-state index is 10.8. The van der Waals surface area contributed by atoms with Crippen molar-refractivity contribution in [1.82, 2.24) is 0 Å². The van der Waals surface area contributed by atoms with Crippen molar-refractivity contribution in [2.24, 2.45) is 0 Å². The van der Waals surface area contributed by atoms with Crippen LogP contribution in [0.15, 0.2) is 66.7 Å². The van der Waals surface area contributed by atoms with Gasteiger partial charge in [0.2, 0.25) is 0 Å². The lowest BCUT2D eigenvalue weighted by Crippen LogP contribution is -2.25. The van der Waals surface area contributed by atoms with Crippen LogP contribution < -0.4 is 10.6 Å². The molecule has 158 valence electrons. The van der Waals surface area contributed by atoms with Gasteiger partial charge in [-0.05, 0) is 60.7 Å². The van der Waals surface area contributed by atoms with Crippen LogP contribution in [0.3, 0.4) is 0 Å². The summed E-state index contributed by atoms with van der Waals surface area (Å²) in [6.45, 7) is 8.92. The van der Waals surface area contributed by atoms with E-state index in [2.05, 4.69) is 82.3 Å². The highest BCUT2D eigenvalue weighted by Crippen LogP contribution is 2.51. The van der Waals surface area contributed by atoms with Gasteiger partial charge in [0.1, 0.15) is 5.75 Å². The van der Waals surface area contributed by atoms with Crippen molar-refractivity contribution in [3.63, 3.8) is 0 Å². The molecule has 0 heterocycles. The highest BCUT2D eigenvalue weighted by atomic mass is 31.1. The van der Waals surface area contributed by atoms with Crippen LogP contribution in [0.25, 0.3) is 0 Å². The SMILES string of the molecule is CCCC(CC)(Pc1c(C)cccc1CPc1ccccc1)c1cc(C)ccc1O. The van der Waals surface area contributed by atoms with E-state index in [1.54, 1.807) is 0 Å². The van der Waals surface area contributed by atoms with Gasteiger partial charge in [-0.3, -0.25) is 0 Å². The van der Waals surface area contributed by atoms with E-state index in [1.165, 1.54) is 27.3 Å². The molecule has 0 amide bonds.